The largest absolute Gasteiger partial charge is 0.493 e. The molecule has 0 saturated carbocycles. The molecule has 1 aliphatic rings. The van der Waals surface area contributed by atoms with E-state index in [9.17, 15) is 14.0 Å². The van der Waals surface area contributed by atoms with Gasteiger partial charge in [-0.15, -0.1) is 0 Å². The number of fused-ring (bicyclic) bond motifs is 1. The fourth-order valence-electron chi connectivity index (χ4n) is 2.76. The summed E-state index contributed by atoms with van der Waals surface area (Å²) in [6.07, 6.45) is -0.197. The fraction of sp³-hybridized carbons (Fsp3) is 0.300. The molecular weight excluding hydrogens is 337 g/mol. The van der Waals surface area contributed by atoms with Crippen molar-refractivity contribution in [2.45, 2.75) is 32.4 Å². The van der Waals surface area contributed by atoms with Gasteiger partial charge in [-0.05, 0) is 55.3 Å². The van der Waals surface area contributed by atoms with Gasteiger partial charge in [0.05, 0.1) is 18.2 Å². The third kappa shape index (κ3) is 4.02. The Balaban J connectivity index is 1.58. The second-order valence-corrected chi connectivity index (χ2v) is 6.25. The number of ether oxygens (including phenoxy) is 2. The van der Waals surface area contributed by atoms with Gasteiger partial charge in [-0.2, -0.15) is 0 Å². The number of nitrogens with one attached hydrogen (secondary N) is 1. The molecule has 0 bridgehead atoms. The summed E-state index contributed by atoms with van der Waals surface area (Å²) < 4.78 is 23.6. The van der Waals surface area contributed by atoms with E-state index in [0.717, 1.165) is 23.3 Å². The standard InChI is InChI=1S/C20H20FNO4/c1-12(14-3-6-17(21)7-4-14)22-19(23)13(2)26-20(24)16-5-8-18-15(11-16)9-10-25-18/h3-8,11-13H,9-10H2,1-2H3,(H,22,23). The van der Waals surface area contributed by atoms with Gasteiger partial charge in [-0.25, -0.2) is 9.18 Å². The van der Waals surface area contributed by atoms with Crippen LogP contribution in [0.5, 0.6) is 5.75 Å². The van der Waals surface area contributed by atoms with Crippen LogP contribution in [0.25, 0.3) is 0 Å². The number of benzene rings is 2. The molecule has 1 heterocycles. The SMILES string of the molecule is CC(OC(=O)c1ccc2c(c1)CCO2)C(=O)NC(C)c1ccc(F)cc1. The molecule has 1 aliphatic heterocycles. The quantitative estimate of drug-likeness (QED) is 0.835. The van der Waals surface area contributed by atoms with Gasteiger partial charge in [-0.1, -0.05) is 12.1 Å². The van der Waals surface area contributed by atoms with Crippen LogP contribution in [0.2, 0.25) is 0 Å². The molecule has 2 aromatic carbocycles. The highest BCUT2D eigenvalue weighted by atomic mass is 19.1. The smallest absolute Gasteiger partial charge is 0.338 e. The highest BCUT2D eigenvalue weighted by Gasteiger charge is 2.22. The molecule has 5 nitrogen and oxygen atoms in total. The first kappa shape index (κ1) is 17.9. The molecular formula is C20H20FNO4. The Kier molecular flexibility index (Phi) is 5.21. The van der Waals surface area contributed by atoms with Gasteiger partial charge >= 0.3 is 5.97 Å². The molecule has 26 heavy (non-hydrogen) atoms. The van der Waals surface area contributed by atoms with E-state index in [1.165, 1.54) is 19.1 Å². The highest BCUT2D eigenvalue weighted by molar-refractivity contribution is 5.92. The first-order chi connectivity index (χ1) is 12.4. The Bertz CT molecular complexity index is 819. The number of halogens is 1. The van der Waals surface area contributed by atoms with E-state index in [-0.39, 0.29) is 11.9 Å². The van der Waals surface area contributed by atoms with Crippen molar-refractivity contribution >= 4 is 11.9 Å². The Morgan fingerprint density at radius 1 is 1.15 bits per heavy atom. The number of hydrogen-bond donors (Lipinski definition) is 1. The topological polar surface area (TPSA) is 64.6 Å². The van der Waals surface area contributed by atoms with E-state index >= 15 is 0 Å². The summed E-state index contributed by atoms with van der Waals surface area (Å²) in [5, 5.41) is 2.76. The lowest BCUT2D eigenvalue weighted by Crippen LogP contribution is -2.37. The zero-order valence-electron chi connectivity index (χ0n) is 14.6. The van der Waals surface area contributed by atoms with Crippen LogP contribution in [0.1, 0.15) is 41.4 Å². The molecule has 2 aromatic rings. The summed E-state index contributed by atoms with van der Waals surface area (Å²) >= 11 is 0. The van der Waals surface area contributed by atoms with Crippen LogP contribution in [-0.4, -0.2) is 24.6 Å². The van der Waals surface area contributed by atoms with E-state index in [4.69, 9.17) is 9.47 Å². The predicted octanol–water partition coefficient (Wildman–Crippen LogP) is 3.18. The maximum Gasteiger partial charge on any atom is 0.338 e. The van der Waals surface area contributed by atoms with Gasteiger partial charge in [0.15, 0.2) is 6.10 Å². The van der Waals surface area contributed by atoms with Gasteiger partial charge in [-0.3, -0.25) is 4.79 Å². The van der Waals surface area contributed by atoms with Crippen LogP contribution < -0.4 is 10.1 Å². The van der Waals surface area contributed by atoms with Crippen LogP contribution in [-0.2, 0) is 16.0 Å². The Hall–Kier alpha value is -2.89. The lowest BCUT2D eigenvalue weighted by molar-refractivity contribution is -0.129. The summed E-state index contributed by atoms with van der Waals surface area (Å²) in [6, 6.07) is 10.6. The zero-order valence-corrected chi connectivity index (χ0v) is 14.6. The van der Waals surface area contributed by atoms with Gasteiger partial charge in [0.1, 0.15) is 11.6 Å². The fourth-order valence-corrected chi connectivity index (χ4v) is 2.76. The van der Waals surface area contributed by atoms with Gasteiger partial charge in [0.25, 0.3) is 5.91 Å². The second kappa shape index (κ2) is 7.56. The number of esters is 1. The molecule has 2 atom stereocenters. The first-order valence-corrected chi connectivity index (χ1v) is 8.46. The minimum atomic E-state index is -0.949. The molecule has 136 valence electrons. The summed E-state index contributed by atoms with van der Waals surface area (Å²) in [4.78, 5) is 24.5. The number of carbonyl (C=O) groups excluding carboxylic acids is 2. The summed E-state index contributed by atoms with van der Waals surface area (Å²) in [7, 11) is 0. The van der Waals surface area contributed by atoms with Crippen molar-refractivity contribution in [3.8, 4) is 5.75 Å². The second-order valence-electron chi connectivity index (χ2n) is 6.25. The molecule has 0 aromatic heterocycles. The highest BCUT2D eigenvalue weighted by Crippen LogP contribution is 2.26. The third-order valence-corrected chi connectivity index (χ3v) is 4.31. The molecule has 3 rings (SSSR count). The van der Waals surface area contributed by atoms with Crippen molar-refractivity contribution in [1.29, 1.82) is 0 Å². The van der Waals surface area contributed by atoms with Crippen molar-refractivity contribution < 1.29 is 23.5 Å². The maximum atomic E-state index is 13.0. The lowest BCUT2D eigenvalue weighted by atomic mass is 10.1. The van der Waals surface area contributed by atoms with Gasteiger partial charge in [0, 0.05) is 6.42 Å². The van der Waals surface area contributed by atoms with E-state index < -0.39 is 18.0 Å². The van der Waals surface area contributed by atoms with Crippen molar-refractivity contribution in [1.82, 2.24) is 5.32 Å². The summed E-state index contributed by atoms with van der Waals surface area (Å²) in [5.41, 5.74) is 2.11. The van der Waals surface area contributed by atoms with Crippen molar-refractivity contribution in [2.75, 3.05) is 6.61 Å². The minimum absolute atomic E-state index is 0.332. The van der Waals surface area contributed by atoms with Crippen LogP contribution in [0.15, 0.2) is 42.5 Å². The molecule has 1 amide bonds. The number of rotatable bonds is 5. The van der Waals surface area contributed by atoms with E-state index in [1.807, 2.05) is 0 Å². The first-order valence-electron chi connectivity index (χ1n) is 8.46. The van der Waals surface area contributed by atoms with Crippen molar-refractivity contribution in [3.63, 3.8) is 0 Å². The average Bonchev–Trinajstić information content (AvgIpc) is 3.09. The molecule has 0 radical (unpaired) electrons. The molecule has 0 spiro atoms. The minimum Gasteiger partial charge on any atom is -0.493 e. The molecule has 1 N–H and O–H groups in total. The van der Waals surface area contributed by atoms with Crippen molar-refractivity contribution in [2.24, 2.45) is 0 Å². The van der Waals surface area contributed by atoms with Crippen LogP contribution in [0, 0.1) is 5.82 Å². The monoisotopic (exact) mass is 357 g/mol. The zero-order chi connectivity index (χ0) is 18.7. The number of amides is 1. The lowest BCUT2D eigenvalue weighted by Gasteiger charge is -2.18. The predicted molar refractivity (Wildman–Crippen MR) is 93.5 cm³/mol. The summed E-state index contributed by atoms with van der Waals surface area (Å²) in [6.45, 7) is 3.90. The normalized spacial score (nSPS) is 14.7. The molecule has 0 saturated heterocycles. The van der Waals surface area contributed by atoms with Crippen LogP contribution in [0.4, 0.5) is 4.39 Å². The van der Waals surface area contributed by atoms with E-state index in [0.29, 0.717) is 12.2 Å². The average molecular weight is 357 g/mol. The van der Waals surface area contributed by atoms with Gasteiger partial charge in [0.2, 0.25) is 0 Å². The Morgan fingerprint density at radius 2 is 1.88 bits per heavy atom. The molecule has 0 aliphatic carbocycles. The number of carbonyl (C=O) groups is 2. The van der Waals surface area contributed by atoms with Gasteiger partial charge < -0.3 is 14.8 Å². The summed E-state index contributed by atoms with van der Waals surface area (Å²) in [5.74, 6) is -0.536. The number of hydrogen-bond acceptors (Lipinski definition) is 4. The molecule has 2 unspecified atom stereocenters. The van der Waals surface area contributed by atoms with Crippen LogP contribution in [0.3, 0.4) is 0 Å². The molecule has 0 fully saturated rings. The van der Waals surface area contributed by atoms with E-state index in [1.54, 1.807) is 37.3 Å². The molecule has 6 heteroatoms. The third-order valence-electron chi connectivity index (χ3n) is 4.31. The maximum absolute atomic E-state index is 13.0. The van der Waals surface area contributed by atoms with E-state index in [2.05, 4.69) is 5.32 Å². The Labute approximate surface area is 151 Å². The van der Waals surface area contributed by atoms with Crippen molar-refractivity contribution in [3.05, 3.63) is 65.0 Å². The van der Waals surface area contributed by atoms with Crippen LogP contribution >= 0.6 is 0 Å². The Morgan fingerprint density at radius 3 is 2.62 bits per heavy atom.